The van der Waals surface area contributed by atoms with Gasteiger partial charge in [0.2, 0.25) is 0 Å². The first-order valence-corrected chi connectivity index (χ1v) is 9.61. The van der Waals surface area contributed by atoms with Crippen molar-refractivity contribution < 1.29 is 14.0 Å². The molecule has 0 aliphatic rings. The highest BCUT2D eigenvalue weighted by Crippen LogP contribution is 2.31. The zero-order valence-corrected chi connectivity index (χ0v) is 15.9. The van der Waals surface area contributed by atoms with Gasteiger partial charge in [0.25, 0.3) is 11.8 Å². The third kappa shape index (κ3) is 3.65. The maximum absolute atomic E-state index is 12.5. The van der Waals surface area contributed by atoms with Gasteiger partial charge in [-0.3, -0.25) is 9.59 Å². The van der Waals surface area contributed by atoms with Crippen LogP contribution in [-0.2, 0) is 0 Å². The van der Waals surface area contributed by atoms with E-state index < -0.39 is 0 Å². The van der Waals surface area contributed by atoms with Gasteiger partial charge < -0.3 is 15.1 Å². The van der Waals surface area contributed by atoms with Crippen LogP contribution in [0, 0.1) is 0 Å². The summed E-state index contributed by atoms with van der Waals surface area (Å²) in [6, 6.07) is 17.9. The van der Waals surface area contributed by atoms with Gasteiger partial charge in [-0.05, 0) is 49.4 Å². The zero-order valence-electron chi connectivity index (χ0n) is 15.1. The Morgan fingerprint density at radius 3 is 2.71 bits per heavy atom. The molecule has 0 radical (unpaired) electrons. The number of hydrogen-bond acceptors (Lipinski definition) is 5. The number of furan rings is 1. The molecule has 2 N–H and O–H groups in total. The Balaban J connectivity index is 1.52. The number of nitrogens with zero attached hydrogens (tertiary/aromatic N) is 1. The minimum absolute atomic E-state index is 0.178. The second kappa shape index (κ2) is 7.66. The summed E-state index contributed by atoms with van der Waals surface area (Å²) in [5, 5.41) is 6.21. The molecule has 0 unspecified atom stereocenters. The SMILES string of the molecule is CCNC(=O)c1cccc(NC(=O)c2ccc(-c3nc4ccccc4s3)o2)c1. The molecule has 2 aromatic heterocycles. The number of anilines is 1. The molecule has 4 aromatic rings. The van der Waals surface area contributed by atoms with Crippen molar-refractivity contribution in [2.24, 2.45) is 0 Å². The predicted octanol–water partition coefficient (Wildman–Crippen LogP) is 4.56. The first-order chi connectivity index (χ1) is 13.6. The molecule has 7 heteroatoms. The highest BCUT2D eigenvalue weighted by molar-refractivity contribution is 7.21. The highest BCUT2D eigenvalue weighted by Gasteiger charge is 2.15. The minimum atomic E-state index is -0.389. The second-order valence-electron chi connectivity index (χ2n) is 6.05. The molecule has 140 valence electrons. The molecule has 2 heterocycles. The van der Waals surface area contributed by atoms with Crippen LogP contribution in [0.4, 0.5) is 5.69 Å². The first kappa shape index (κ1) is 17.9. The number of amides is 2. The van der Waals surface area contributed by atoms with E-state index in [1.54, 1.807) is 36.4 Å². The summed E-state index contributed by atoms with van der Waals surface area (Å²) in [5.41, 5.74) is 1.90. The lowest BCUT2D eigenvalue weighted by molar-refractivity contribution is 0.0953. The number of fused-ring (bicyclic) bond motifs is 1. The summed E-state index contributed by atoms with van der Waals surface area (Å²) < 4.78 is 6.76. The lowest BCUT2D eigenvalue weighted by Gasteiger charge is -2.06. The fourth-order valence-electron chi connectivity index (χ4n) is 2.75. The number of aromatic nitrogens is 1. The van der Waals surface area contributed by atoms with Crippen molar-refractivity contribution in [1.29, 1.82) is 0 Å². The van der Waals surface area contributed by atoms with E-state index in [1.807, 2.05) is 31.2 Å². The molecule has 2 amide bonds. The average molecular weight is 391 g/mol. The zero-order chi connectivity index (χ0) is 19.5. The summed E-state index contributed by atoms with van der Waals surface area (Å²) in [6.45, 7) is 2.39. The Labute approximate surface area is 165 Å². The molecule has 0 saturated carbocycles. The molecular formula is C21H17N3O3S. The van der Waals surface area contributed by atoms with Gasteiger partial charge in [-0.15, -0.1) is 11.3 Å². The highest BCUT2D eigenvalue weighted by atomic mass is 32.1. The van der Waals surface area contributed by atoms with Gasteiger partial charge in [0.05, 0.1) is 10.2 Å². The average Bonchev–Trinajstić information content (AvgIpc) is 3.35. The molecule has 0 aliphatic heterocycles. The van der Waals surface area contributed by atoms with Gasteiger partial charge in [-0.2, -0.15) is 0 Å². The van der Waals surface area contributed by atoms with Crippen molar-refractivity contribution in [1.82, 2.24) is 10.3 Å². The molecule has 0 saturated heterocycles. The number of rotatable bonds is 5. The molecule has 4 rings (SSSR count). The Bertz CT molecular complexity index is 1130. The quantitative estimate of drug-likeness (QED) is 0.522. The minimum Gasteiger partial charge on any atom is -0.448 e. The predicted molar refractivity (Wildman–Crippen MR) is 110 cm³/mol. The van der Waals surface area contributed by atoms with Gasteiger partial charge in [-0.1, -0.05) is 18.2 Å². The number of hydrogen-bond donors (Lipinski definition) is 2. The van der Waals surface area contributed by atoms with Crippen LogP contribution in [0.3, 0.4) is 0 Å². The smallest absolute Gasteiger partial charge is 0.291 e. The Morgan fingerprint density at radius 1 is 1.04 bits per heavy atom. The molecule has 2 aromatic carbocycles. The van der Waals surface area contributed by atoms with Crippen LogP contribution in [0.2, 0.25) is 0 Å². The van der Waals surface area contributed by atoms with E-state index in [2.05, 4.69) is 15.6 Å². The van der Waals surface area contributed by atoms with Gasteiger partial charge in [0.15, 0.2) is 16.5 Å². The van der Waals surface area contributed by atoms with Gasteiger partial charge >= 0.3 is 0 Å². The molecule has 0 fully saturated rings. The Hall–Kier alpha value is -3.45. The van der Waals surface area contributed by atoms with Crippen molar-refractivity contribution in [2.75, 3.05) is 11.9 Å². The maximum Gasteiger partial charge on any atom is 0.291 e. The topological polar surface area (TPSA) is 84.2 Å². The Kier molecular flexibility index (Phi) is 4.90. The first-order valence-electron chi connectivity index (χ1n) is 8.79. The lowest BCUT2D eigenvalue weighted by Crippen LogP contribution is -2.22. The van der Waals surface area contributed by atoms with Crippen LogP contribution < -0.4 is 10.6 Å². The third-order valence-corrected chi connectivity index (χ3v) is 5.11. The number of para-hydroxylation sites is 1. The van der Waals surface area contributed by atoms with E-state index in [0.29, 0.717) is 23.6 Å². The molecule has 0 spiro atoms. The van der Waals surface area contributed by atoms with E-state index in [4.69, 9.17) is 4.42 Å². The summed E-state index contributed by atoms with van der Waals surface area (Å²) in [5.74, 6) is 0.148. The fraction of sp³-hybridized carbons (Fsp3) is 0.0952. The molecule has 6 nitrogen and oxygen atoms in total. The number of thiazole rings is 1. The van der Waals surface area contributed by atoms with Crippen molar-refractivity contribution >= 4 is 39.1 Å². The van der Waals surface area contributed by atoms with Gasteiger partial charge in [-0.25, -0.2) is 4.98 Å². The van der Waals surface area contributed by atoms with E-state index in [9.17, 15) is 9.59 Å². The van der Waals surface area contributed by atoms with Crippen LogP contribution in [0.1, 0.15) is 27.8 Å². The van der Waals surface area contributed by atoms with Crippen molar-refractivity contribution in [2.45, 2.75) is 6.92 Å². The third-order valence-electron chi connectivity index (χ3n) is 4.05. The van der Waals surface area contributed by atoms with Crippen LogP contribution in [-0.4, -0.2) is 23.3 Å². The monoisotopic (exact) mass is 391 g/mol. The van der Waals surface area contributed by atoms with Crippen molar-refractivity contribution in [3.63, 3.8) is 0 Å². The fourth-order valence-corrected chi connectivity index (χ4v) is 3.67. The van der Waals surface area contributed by atoms with Crippen LogP contribution >= 0.6 is 11.3 Å². The molecule has 0 bridgehead atoms. The number of nitrogens with one attached hydrogen (secondary N) is 2. The number of benzene rings is 2. The number of carbonyl (C=O) groups excluding carboxylic acids is 2. The van der Waals surface area contributed by atoms with E-state index in [-0.39, 0.29) is 17.6 Å². The maximum atomic E-state index is 12.5. The van der Waals surface area contributed by atoms with Gasteiger partial charge in [0, 0.05) is 17.8 Å². The molecule has 0 atom stereocenters. The van der Waals surface area contributed by atoms with Crippen LogP contribution in [0.5, 0.6) is 0 Å². The van der Waals surface area contributed by atoms with Crippen LogP contribution in [0.15, 0.2) is 65.1 Å². The van der Waals surface area contributed by atoms with E-state index in [1.165, 1.54) is 11.3 Å². The lowest BCUT2D eigenvalue weighted by atomic mass is 10.2. The molecule has 28 heavy (non-hydrogen) atoms. The number of carbonyl (C=O) groups is 2. The normalized spacial score (nSPS) is 10.8. The van der Waals surface area contributed by atoms with E-state index in [0.717, 1.165) is 15.2 Å². The summed E-state index contributed by atoms with van der Waals surface area (Å²) in [6.07, 6.45) is 0. The second-order valence-corrected chi connectivity index (χ2v) is 7.08. The molecule has 0 aliphatic carbocycles. The van der Waals surface area contributed by atoms with Crippen molar-refractivity contribution in [3.05, 3.63) is 72.0 Å². The largest absolute Gasteiger partial charge is 0.448 e. The summed E-state index contributed by atoms with van der Waals surface area (Å²) >= 11 is 1.51. The molecular weight excluding hydrogens is 374 g/mol. The van der Waals surface area contributed by atoms with E-state index >= 15 is 0 Å². The standard InChI is InChI=1S/C21H17N3O3S/c1-2-22-19(25)13-6-5-7-14(12-13)23-20(26)16-10-11-17(27-16)21-24-15-8-3-4-9-18(15)28-21/h3-12H,2H2,1H3,(H,22,25)(H,23,26). The summed E-state index contributed by atoms with van der Waals surface area (Å²) in [7, 11) is 0. The Morgan fingerprint density at radius 2 is 1.89 bits per heavy atom. The summed E-state index contributed by atoms with van der Waals surface area (Å²) in [4.78, 5) is 29.0. The van der Waals surface area contributed by atoms with Crippen LogP contribution in [0.25, 0.3) is 21.0 Å². The van der Waals surface area contributed by atoms with Crippen molar-refractivity contribution in [3.8, 4) is 10.8 Å². The van der Waals surface area contributed by atoms with Gasteiger partial charge in [0.1, 0.15) is 0 Å².